The number of carbonyl (C=O) groups is 5. The van der Waals surface area contributed by atoms with Crippen molar-refractivity contribution in [1.29, 1.82) is 0 Å². The Hall–Kier alpha value is -5.89. The van der Waals surface area contributed by atoms with E-state index >= 15 is 0 Å². The van der Waals surface area contributed by atoms with Crippen LogP contribution in [0.25, 0.3) is 6.08 Å². The molecular formula is C35H41FN8O5. The number of primary amides is 1. The fourth-order valence-corrected chi connectivity index (χ4v) is 4.93. The van der Waals surface area contributed by atoms with Crippen LogP contribution in [0.3, 0.4) is 0 Å². The minimum Gasteiger partial charge on any atom is -0.370 e. The maximum absolute atomic E-state index is 14.1. The fourth-order valence-electron chi connectivity index (χ4n) is 4.93. The van der Waals surface area contributed by atoms with Crippen LogP contribution in [-0.4, -0.2) is 65.1 Å². The van der Waals surface area contributed by atoms with Crippen LogP contribution in [0.2, 0.25) is 0 Å². The summed E-state index contributed by atoms with van der Waals surface area (Å²) in [5.74, 6) is -4.58. The van der Waals surface area contributed by atoms with Gasteiger partial charge in [-0.3, -0.25) is 28.9 Å². The summed E-state index contributed by atoms with van der Waals surface area (Å²) >= 11 is 0. The molecule has 49 heavy (non-hydrogen) atoms. The number of hydrogen-bond acceptors (Lipinski definition) is 7. The highest BCUT2D eigenvalue weighted by atomic mass is 19.1. The molecule has 0 aromatic heterocycles. The fraction of sp³-hybridized carbons (Fsp3) is 0.257. The zero-order valence-corrected chi connectivity index (χ0v) is 27.1. The zero-order chi connectivity index (χ0) is 35.9. The van der Waals surface area contributed by atoms with E-state index in [1.54, 1.807) is 54.6 Å². The van der Waals surface area contributed by atoms with Crippen LogP contribution < -0.4 is 33.6 Å². The van der Waals surface area contributed by atoms with Gasteiger partial charge >= 0.3 is 0 Å². The molecule has 0 aliphatic heterocycles. The number of amides is 5. The van der Waals surface area contributed by atoms with Crippen LogP contribution in [0.5, 0.6) is 0 Å². The SMILES string of the molecule is CC(=O)N(C(=O)/C=C/c1ccccc1)[C@@H](Cc1ccc(F)cc1)C(=O)N[C@@H](Cc1ccc(N=C(N)N)cc1)C(=O)N[C@@H](CCCN)C(N)=O. The minimum atomic E-state index is -1.46. The number of nitrogens with two attached hydrogens (primary N) is 4. The second-order valence-corrected chi connectivity index (χ2v) is 11.2. The van der Waals surface area contributed by atoms with Crippen LogP contribution in [0.1, 0.15) is 36.5 Å². The van der Waals surface area contributed by atoms with Gasteiger partial charge in [0.15, 0.2) is 5.96 Å². The van der Waals surface area contributed by atoms with E-state index in [9.17, 15) is 28.4 Å². The number of imide groups is 1. The van der Waals surface area contributed by atoms with Gasteiger partial charge in [-0.2, -0.15) is 0 Å². The van der Waals surface area contributed by atoms with E-state index in [2.05, 4.69) is 15.6 Å². The Morgan fingerprint density at radius 3 is 1.98 bits per heavy atom. The molecule has 14 heteroatoms. The van der Waals surface area contributed by atoms with E-state index in [0.29, 0.717) is 28.8 Å². The summed E-state index contributed by atoms with van der Waals surface area (Å²) in [5, 5.41) is 5.25. The van der Waals surface area contributed by atoms with Crippen molar-refractivity contribution in [2.75, 3.05) is 6.54 Å². The van der Waals surface area contributed by atoms with Crippen molar-refractivity contribution in [3.8, 4) is 0 Å². The lowest BCUT2D eigenvalue weighted by molar-refractivity contribution is -0.148. The summed E-state index contributed by atoms with van der Waals surface area (Å²) in [6, 6.07) is 16.7. The van der Waals surface area contributed by atoms with Gasteiger partial charge in [0.05, 0.1) is 5.69 Å². The predicted molar refractivity (Wildman–Crippen MR) is 184 cm³/mol. The van der Waals surface area contributed by atoms with Crippen molar-refractivity contribution in [3.05, 3.63) is 107 Å². The molecule has 3 aromatic carbocycles. The van der Waals surface area contributed by atoms with E-state index in [-0.39, 0.29) is 31.8 Å². The summed E-state index contributed by atoms with van der Waals surface area (Å²) < 4.78 is 13.7. The highest BCUT2D eigenvalue weighted by molar-refractivity contribution is 6.06. The highest BCUT2D eigenvalue weighted by Crippen LogP contribution is 2.17. The first-order valence-electron chi connectivity index (χ1n) is 15.5. The maximum Gasteiger partial charge on any atom is 0.253 e. The number of nitrogens with zero attached hydrogens (tertiary/aromatic N) is 2. The average molecular weight is 673 g/mol. The van der Waals surface area contributed by atoms with Crippen molar-refractivity contribution in [1.82, 2.24) is 15.5 Å². The molecule has 0 saturated carbocycles. The van der Waals surface area contributed by atoms with Crippen LogP contribution in [-0.2, 0) is 36.8 Å². The van der Waals surface area contributed by atoms with Crippen molar-refractivity contribution in [2.45, 2.75) is 50.7 Å². The number of nitrogens with one attached hydrogen (secondary N) is 2. The number of halogens is 1. The molecule has 3 rings (SSSR count). The first kappa shape index (κ1) is 37.6. The number of aliphatic imine (C=N–C) groups is 1. The first-order chi connectivity index (χ1) is 23.4. The summed E-state index contributed by atoms with van der Waals surface area (Å²) in [5.41, 5.74) is 24.2. The quantitative estimate of drug-likeness (QED) is 0.0733. The van der Waals surface area contributed by atoms with Crippen LogP contribution >= 0.6 is 0 Å². The molecule has 0 heterocycles. The Kier molecular flexibility index (Phi) is 14.1. The lowest BCUT2D eigenvalue weighted by Crippen LogP contribution is -2.58. The summed E-state index contributed by atoms with van der Waals surface area (Å²) in [7, 11) is 0. The minimum absolute atomic E-state index is 0.0761. The average Bonchev–Trinajstić information content (AvgIpc) is 3.06. The van der Waals surface area contributed by atoms with Gasteiger partial charge in [0, 0.05) is 25.8 Å². The Labute approximate surface area is 283 Å². The molecule has 10 N–H and O–H groups in total. The van der Waals surface area contributed by atoms with Gasteiger partial charge in [0.2, 0.25) is 23.6 Å². The molecule has 3 atom stereocenters. The Morgan fingerprint density at radius 1 is 0.816 bits per heavy atom. The van der Waals surface area contributed by atoms with E-state index < -0.39 is 53.5 Å². The third-order valence-corrected chi connectivity index (χ3v) is 7.38. The molecule has 0 radical (unpaired) electrons. The molecule has 0 aliphatic rings. The predicted octanol–water partition coefficient (Wildman–Crippen LogP) is 1.17. The highest BCUT2D eigenvalue weighted by Gasteiger charge is 2.35. The topological polar surface area (TPSA) is 229 Å². The Morgan fingerprint density at radius 2 is 1.41 bits per heavy atom. The normalized spacial score (nSPS) is 12.7. The number of rotatable bonds is 16. The van der Waals surface area contributed by atoms with Crippen LogP contribution in [0.15, 0.2) is 89.9 Å². The Bertz CT molecular complexity index is 1660. The monoisotopic (exact) mass is 672 g/mol. The third-order valence-electron chi connectivity index (χ3n) is 7.38. The standard InChI is InChI=1S/C35H41FN8O5/c1-22(45)44(31(46)18-13-23-6-3-2-4-7-23)30(21-25-9-14-26(36)15-10-25)34(49)43-29(33(48)42-28(32(38)47)8-5-19-37)20-24-11-16-27(17-12-24)41-35(39)40/h2-4,6-7,9-18,28-30H,5,8,19-21,37H2,1H3,(H2,38,47)(H,42,48)(H,43,49)(H4,39,40,41)/b18-13+/t28-,29-,30-/m0/s1. The van der Waals surface area contributed by atoms with E-state index in [4.69, 9.17) is 22.9 Å². The largest absolute Gasteiger partial charge is 0.370 e. The molecule has 0 aliphatic carbocycles. The van der Waals surface area contributed by atoms with Gasteiger partial charge in [-0.05, 0) is 66.4 Å². The van der Waals surface area contributed by atoms with Crippen molar-refractivity contribution in [2.24, 2.45) is 27.9 Å². The van der Waals surface area contributed by atoms with Gasteiger partial charge in [-0.15, -0.1) is 0 Å². The van der Waals surface area contributed by atoms with E-state index in [1.807, 2.05) is 0 Å². The molecular weight excluding hydrogens is 631 g/mol. The zero-order valence-electron chi connectivity index (χ0n) is 27.1. The number of hydrogen-bond donors (Lipinski definition) is 6. The van der Waals surface area contributed by atoms with Gasteiger partial charge in [0.1, 0.15) is 23.9 Å². The smallest absolute Gasteiger partial charge is 0.253 e. The molecule has 0 bridgehead atoms. The maximum atomic E-state index is 14.1. The van der Waals surface area contributed by atoms with E-state index in [1.165, 1.54) is 36.4 Å². The molecule has 0 spiro atoms. The lowest BCUT2D eigenvalue weighted by Gasteiger charge is -2.30. The van der Waals surface area contributed by atoms with Gasteiger partial charge in [-0.25, -0.2) is 9.38 Å². The molecule has 3 aromatic rings. The molecule has 0 unspecified atom stereocenters. The summed E-state index contributed by atoms with van der Waals surface area (Å²) in [4.78, 5) is 71.2. The molecule has 258 valence electrons. The van der Waals surface area contributed by atoms with Gasteiger partial charge in [0.25, 0.3) is 5.91 Å². The second kappa shape index (κ2) is 18.4. The second-order valence-electron chi connectivity index (χ2n) is 11.2. The van der Waals surface area contributed by atoms with Gasteiger partial charge < -0.3 is 33.6 Å². The summed E-state index contributed by atoms with van der Waals surface area (Å²) in [6.07, 6.45) is 2.95. The molecule has 0 fully saturated rings. The molecule has 5 amide bonds. The number of guanidine groups is 1. The van der Waals surface area contributed by atoms with Crippen molar-refractivity contribution < 1.29 is 28.4 Å². The van der Waals surface area contributed by atoms with Crippen LogP contribution in [0, 0.1) is 5.82 Å². The lowest BCUT2D eigenvalue weighted by atomic mass is 10.0. The van der Waals surface area contributed by atoms with E-state index in [0.717, 1.165) is 11.8 Å². The van der Waals surface area contributed by atoms with Crippen molar-refractivity contribution in [3.63, 3.8) is 0 Å². The molecule has 0 saturated heterocycles. The number of carbonyl (C=O) groups excluding carboxylic acids is 5. The van der Waals surface area contributed by atoms with Crippen LogP contribution in [0.4, 0.5) is 10.1 Å². The molecule has 13 nitrogen and oxygen atoms in total. The Balaban J connectivity index is 2.00. The third kappa shape index (κ3) is 12.0. The first-order valence-corrected chi connectivity index (χ1v) is 15.5. The number of benzene rings is 3. The van der Waals surface area contributed by atoms with Crippen molar-refractivity contribution >= 4 is 47.3 Å². The van der Waals surface area contributed by atoms with Gasteiger partial charge in [-0.1, -0.05) is 54.6 Å². The summed E-state index contributed by atoms with van der Waals surface area (Å²) in [6.45, 7) is 1.39.